The number of carbonyl (C=O) groups is 1. The van der Waals surface area contributed by atoms with Gasteiger partial charge in [0.25, 0.3) is 5.91 Å². The van der Waals surface area contributed by atoms with Crippen molar-refractivity contribution in [3.63, 3.8) is 0 Å². The highest BCUT2D eigenvalue weighted by atomic mass is 16.1. The molecule has 1 saturated heterocycles. The van der Waals surface area contributed by atoms with Gasteiger partial charge in [0.15, 0.2) is 0 Å². The first-order valence-corrected chi connectivity index (χ1v) is 8.06. The lowest BCUT2D eigenvalue weighted by atomic mass is 10.1. The lowest BCUT2D eigenvalue weighted by molar-refractivity contribution is 0.0989. The molecule has 0 bridgehead atoms. The molecule has 0 radical (unpaired) electrons. The molecule has 0 unspecified atom stereocenters. The Morgan fingerprint density at radius 2 is 2.25 bits per heavy atom. The van der Waals surface area contributed by atoms with Crippen LogP contribution in [0.2, 0.25) is 0 Å². The number of hydrogen-bond donors (Lipinski definition) is 2. The predicted molar refractivity (Wildman–Crippen MR) is 88.2 cm³/mol. The summed E-state index contributed by atoms with van der Waals surface area (Å²) >= 11 is 0. The second kappa shape index (κ2) is 6.04. The molecule has 3 N–H and O–H groups in total. The van der Waals surface area contributed by atoms with Crippen LogP contribution in [-0.2, 0) is 6.54 Å². The number of para-hydroxylation sites is 2. The normalized spacial score (nSPS) is 18.9. The number of imidazole rings is 1. The Morgan fingerprint density at radius 3 is 3.04 bits per heavy atom. The summed E-state index contributed by atoms with van der Waals surface area (Å²) in [6.45, 7) is 2.63. The largest absolute Gasteiger partial charge is 0.363 e. The van der Waals surface area contributed by atoms with Gasteiger partial charge < -0.3 is 10.7 Å². The maximum absolute atomic E-state index is 11.1. The third-order valence-corrected chi connectivity index (χ3v) is 4.40. The van der Waals surface area contributed by atoms with E-state index in [4.69, 9.17) is 5.73 Å². The molecule has 2 aromatic heterocycles. The van der Waals surface area contributed by atoms with Crippen LogP contribution in [0.5, 0.6) is 0 Å². The molecule has 1 aliphatic rings. The molecular weight excluding hydrogens is 306 g/mol. The first-order valence-electron chi connectivity index (χ1n) is 8.06. The molecule has 1 fully saturated rings. The van der Waals surface area contributed by atoms with E-state index in [9.17, 15) is 4.79 Å². The van der Waals surface area contributed by atoms with Crippen LogP contribution >= 0.6 is 0 Å². The minimum Gasteiger partial charge on any atom is -0.363 e. The summed E-state index contributed by atoms with van der Waals surface area (Å²) < 4.78 is 1.75. The number of benzene rings is 1. The number of likely N-dealkylation sites (tertiary alicyclic amines) is 1. The summed E-state index contributed by atoms with van der Waals surface area (Å²) in [4.78, 5) is 25.5. The van der Waals surface area contributed by atoms with E-state index < -0.39 is 5.91 Å². The molecule has 124 valence electrons. The Balaban J connectivity index is 1.47. The molecule has 1 aliphatic heterocycles. The molecule has 0 aliphatic carbocycles. The summed E-state index contributed by atoms with van der Waals surface area (Å²) in [6, 6.07) is 8.23. The molecule has 8 heteroatoms. The number of piperidine rings is 1. The summed E-state index contributed by atoms with van der Waals surface area (Å²) in [5.74, 6) is 0.446. The average molecular weight is 325 g/mol. The lowest BCUT2D eigenvalue weighted by Gasteiger charge is -2.31. The molecule has 1 amide bonds. The number of nitrogens with one attached hydrogen (secondary N) is 1. The van der Waals surface area contributed by atoms with Crippen molar-refractivity contribution >= 4 is 16.9 Å². The molecular formula is C16H19N7O. The standard InChI is InChI=1S/C16H19N7O/c17-15(24)16-18-10-23(21-16)11-4-3-7-22(8-11)9-14-19-12-5-1-2-6-13(12)20-14/h1-2,5-6,10-11H,3-4,7-9H2,(H2,17,24)(H,19,20)/t11-/m0/s1. The van der Waals surface area contributed by atoms with E-state index in [0.29, 0.717) is 0 Å². The fourth-order valence-corrected chi connectivity index (χ4v) is 3.25. The van der Waals surface area contributed by atoms with Gasteiger partial charge >= 0.3 is 0 Å². The maximum atomic E-state index is 11.1. The highest BCUT2D eigenvalue weighted by Gasteiger charge is 2.23. The lowest BCUT2D eigenvalue weighted by Crippen LogP contribution is -2.36. The first kappa shape index (κ1) is 14.8. The number of nitrogens with zero attached hydrogens (tertiary/aromatic N) is 5. The Kier molecular flexibility index (Phi) is 3.73. The highest BCUT2D eigenvalue weighted by Crippen LogP contribution is 2.22. The van der Waals surface area contributed by atoms with Crippen molar-refractivity contribution in [1.29, 1.82) is 0 Å². The van der Waals surface area contributed by atoms with E-state index in [-0.39, 0.29) is 11.9 Å². The van der Waals surface area contributed by atoms with Crippen molar-refractivity contribution in [2.75, 3.05) is 13.1 Å². The van der Waals surface area contributed by atoms with Crippen molar-refractivity contribution in [3.8, 4) is 0 Å². The summed E-state index contributed by atoms with van der Waals surface area (Å²) in [6.07, 6.45) is 3.67. The van der Waals surface area contributed by atoms with Crippen molar-refractivity contribution in [2.45, 2.75) is 25.4 Å². The van der Waals surface area contributed by atoms with E-state index in [1.807, 2.05) is 24.3 Å². The van der Waals surface area contributed by atoms with Crippen LogP contribution in [0.15, 0.2) is 30.6 Å². The van der Waals surface area contributed by atoms with Gasteiger partial charge in [-0.05, 0) is 31.5 Å². The number of carbonyl (C=O) groups excluding carboxylic acids is 1. The van der Waals surface area contributed by atoms with E-state index in [1.165, 1.54) is 0 Å². The number of H-pyrrole nitrogens is 1. The van der Waals surface area contributed by atoms with Gasteiger partial charge in [-0.25, -0.2) is 14.6 Å². The average Bonchev–Trinajstić information content (AvgIpc) is 3.21. The number of aromatic nitrogens is 5. The quantitative estimate of drug-likeness (QED) is 0.747. The molecule has 1 atom stereocenters. The van der Waals surface area contributed by atoms with Crippen molar-refractivity contribution in [1.82, 2.24) is 29.6 Å². The van der Waals surface area contributed by atoms with Crippen LogP contribution in [-0.4, -0.2) is 48.6 Å². The van der Waals surface area contributed by atoms with Gasteiger partial charge in [-0.1, -0.05) is 12.1 Å². The number of aromatic amines is 1. The van der Waals surface area contributed by atoms with E-state index >= 15 is 0 Å². The van der Waals surface area contributed by atoms with Crippen molar-refractivity contribution < 1.29 is 4.79 Å². The van der Waals surface area contributed by atoms with E-state index in [1.54, 1.807) is 11.0 Å². The molecule has 4 rings (SSSR count). The number of fused-ring (bicyclic) bond motifs is 1. The Hall–Kier alpha value is -2.74. The Bertz CT molecular complexity index is 835. The van der Waals surface area contributed by atoms with Crippen LogP contribution in [0.1, 0.15) is 35.3 Å². The van der Waals surface area contributed by atoms with Gasteiger partial charge in [0.05, 0.1) is 23.6 Å². The smallest absolute Gasteiger partial charge is 0.288 e. The van der Waals surface area contributed by atoms with Gasteiger partial charge in [0, 0.05) is 6.54 Å². The van der Waals surface area contributed by atoms with E-state index in [2.05, 4.69) is 25.0 Å². The summed E-state index contributed by atoms with van der Waals surface area (Å²) in [7, 11) is 0. The minimum atomic E-state index is -0.594. The van der Waals surface area contributed by atoms with Crippen LogP contribution in [0, 0.1) is 0 Å². The number of nitrogens with two attached hydrogens (primary N) is 1. The van der Waals surface area contributed by atoms with E-state index in [0.717, 1.165) is 49.3 Å². The monoisotopic (exact) mass is 325 g/mol. The van der Waals surface area contributed by atoms with Gasteiger partial charge in [-0.2, -0.15) is 0 Å². The maximum Gasteiger partial charge on any atom is 0.288 e. The molecule has 24 heavy (non-hydrogen) atoms. The molecule has 3 aromatic rings. The van der Waals surface area contributed by atoms with Gasteiger partial charge in [0.1, 0.15) is 12.2 Å². The number of amides is 1. The fourth-order valence-electron chi connectivity index (χ4n) is 3.25. The van der Waals surface area contributed by atoms with Crippen molar-refractivity contribution in [2.24, 2.45) is 5.73 Å². The third-order valence-electron chi connectivity index (χ3n) is 4.40. The molecule has 0 spiro atoms. The predicted octanol–water partition coefficient (Wildman–Crippen LogP) is 1.09. The third kappa shape index (κ3) is 2.88. The molecule has 3 heterocycles. The number of primary amides is 1. The summed E-state index contributed by atoms with van der Waals surface area (Å²) in [5.41, 5.74) is 7.27. The van der Waals surface area contributed by atoms with Crippen LogP contribution < -0.4 is 5.73 Å². The molecule has 0 saturated carbocycles. The van der Waals surface area contributed by atoms with Crippen molar-refractivity contribution in [3.05, 3.63) is 42.2 Å². The fraction of sp³-hybridized carbons (Fsp3) is 0.375. The highest BCUT2D eigenvalue weighted by molar-refractivity contribution is 5.88. The van der Waals surface area contributed by atoms with Gasteiger partial charge in [-0.15, -0.1) is 5.10 Å². The second-order valence-corrected chi connectivity index (χ2v) is 6.14. The zero-order valence-electron chi connectivity index (χ0n) is 13.2. The molecule has 1 aromatic carbocycles. The zero-order valence-corrected chi connectivity index (χ0v) is 13.2. The van der Waals surface area contributed by atoms with Crippen LogP contribution in [0.3, 0.4) is 0 Å². The molecule has 8 nitrogen and oxygen atoms in total. The Labute approximate surface area is 138 Å². The van der Waals surface area contributed by atoms with Gasteiger partial charge in [-0.3, -0.25) is 9.69 Å². The minimum absolute atomic E-state index is 0.0735. The SMILES string of the molecule is NC(=O)c1ncn([C@H]2CCCN(Cc3nc4ccccc4[nH]3)C2)n1. The zero-order chi connectivity index (χ0) is 16.5. The first-order chi connectivity index (χ1) is 11.7. The topological polar surface area (TPSA) is 106 Å². The summed E-state index contributed by atoms with van der Waals surface area (Å²) in [5, 5.41) is 4.19. The van der Waals surface area contributed by atoms with Crippen LogP contribution in [0.25, 0.3) is 11.0 Å². The second-order valence-electron chi connectivity index (χ2n) is 6.14. The number of rotatable bonds is 4. The van der Waals surface area contributed by atoms with Gasteiger partial charge in [0.2, 0.25) is 5.82 Å². The van der Waals surface area contributed by atoms with Crippen LogP contribution in [0.4, 0.5) is 0 Å². The Morgan fingerprint density at radius 1 is 1.38 bits per heavy atom. The number of hydrogen-bond acceptors (Lipinski definition) is 5.